The summed E-state index contributed by atoms with van der Waals surface area (Å²) in [5.74, 6) is 0. The van der Waals surface area contributed by atoms with Crippen molar-refractivity contribution in [3.8, 4) is 11.3 Å². The van der Waals surface area contributed by atoms with Crippen molar-refractivity contribution in [3.05, 3.63) is 70.0 Å². The lowest BCUT2D eigenvalue weighted by Gasteiger charge is -2.12. The third-order valence-corrected chi connectivity index (χ3v) is 3.96. The fourth-order valence-electron chi connectivity index (χ4n) is 2.85. The zero-order valence-electron chi connectivity index (χ0n) is 13.8. The molecule has 1 heterocycles. The Hall–Kier alpha value is -2.60. The van der Waals surface area contributed by atoms with E-state index >= 15 is 0 Å². The van der Waals surface area contributed by atoms with Crippen LogP contribution < -0.4 is 5.56 Å². The Bertz CT molecular complexity index is 957. The van der Waals surface area contributed by atoms with Crippen molar-refractivity contribution in [2.45, 2.75) is 12.7 Å². The number of nitrogens with zero attached hydrogens (tertiary/aromatic N) is 1. The standard InChI is InChI=1S/C19H17F3N2O/c1-24(2)11-12-6-8-13(9-7-12)17-10-15-14(18(25)23-17)4-3-5-16(15)19(20,21)22/h3-10H,11H2,1-2H3,(H,23,25). The number of H-pyrrole nitrogens is 1. The highest BCUT2D eigenvalue weighted by Crippen LogP contribution is 2.34. The summed E-state index contributed by atoms with van der Waals surface area (Å²) in [5.41, 5.74) is 0.773. The number of pyridine rings is 1. The number of aromatic nitrogens is 1. The van der Waals surface area contributed by atoms with Crippen molar-refractivity contribution in [2.75, 3.05) is 14.1 Å². The number of alkyl halides is 3. The van der Waals surface area contributed by atoms with Gasteiger partial charge in [-0.2, -0.15) is 13.2 Å². The topological polar surface area (TPSA) is 36.1 Å². The van der Waals surface area contributed by atoms with Gasteiger partial charge in [0.05, 0.1) is 5.56 Å². The number of hydrogen-bond acceptors (Lipinski definition) is 2. The molecule has 2 aromatic carbocycles. The lowest BCUT2D eigenvalue weighted by Crippen LogP contribution is -2.12. The molecular weight excluding hydrogens is 329 g/mol. The second-order valence-electron chi connectivity index (χ2n) is 6.21. The molecule has 0 spiro atoms. The Labute approximate surface area is 142 Å². The molecule has 6 heteroatoms. The highest BCUT2D eigenvalue weighted by Gasteiger charge is 2.32. The number of halogens is 3. The van der Waals surface area contributed by atoms with E-state index in [1.165, 1.54) is 18.2 Å². The van der Waals surface area contributed by atoms with E-state index in [9.17, 15) is 18.0 Å². The number of hydrogen-bond donors (Lipinski definition) is 1. The maximum absolute atomic E-state index is 13.2. The van der Waals surface area contributed by atoms with Gasteiger partial charge in [-0.25, -0.2) is 0 Å². The number of fused-ring (bicyclic) bond motifs is 1. The van der Waals surface area contributed by atoms with Gasteiger partial charge in [-0.1, -0.05) is 30.3 Å². The normalized spacial score (nSPS) is 12.1. The van der Waals surface area contributed by atoms with Gasteiger partial charge >= 0.3 is 6.18 Å². The molecule has 0 aliphatic carbocycles. The van der Waals surface area contributed by atoms with Gasteiger partial charge in [0, 0.05) is 23.0 Å². The first-order valence-electron chi connectivity index (χ1n) is 7.73. The van der Waals surface area contributed by atoms with E-state index in [1.54, 1.807) is 12.1 Å². The van der Waals surface area contributed by atoms with E-state index in [0.29, 0.717) is 11.3 Å². The van der Waals surface area contributed by atoms with Gasteiger partial charge in [-0.05, 0) is 43.4 Å². The van der Waals surface area contributed by atoms with Crippen molar-refractivity contribution in [1.29, 1.82) is 0 Å². The van der Waals surface area contributed by atoms with Crippen LogP contribution >= 0.6 is 0 Å². The van der Waals surface area contributed by atoms with Crippen LogP contribution in [-0.4, -0.2) is 24.0 Å². The van der Waals surface area contributed by atoms with Crippen LogP contribution in [0.1, 0.15) is 11.1 Å². The van der Waals surface area contributed by atoms with Crippen LogP contribution in [0.25, 0.3) is 22.0 Å². The summed E-state index contributed by atoms with van der Waals surface area (Å²) in [4.78, 5) is 16.9. The summed E-state index contributed by atoms with van der Waals surface area (Å²) < 4.78 is 39.7. The van der Waals surface area contributed by atoms with Crippen LogP contribution in [0.15, 0.2) is 53.3 Å². The third-order valence-electron chi connectivity index (χ3n) is 3.96. The minimum absolute atomic E-state index is 0.0304. The minimum Gasteiger partial charge on any atom is -0.321 e. The van der Waals surface area contributed by atoms with Crippen molar-refractivity contribution in [2.24, 2.45) is 0 Å². The van der Waals surface area contributed by atoms with Crippen molar-refractivity contribution in [1.82, 2.24) is 9.88 Å². The SMILES string of the molecule is CN(C)Cc1ccc(-c2cc3c(C(F)(F)F)cccc3c(=O)[nH]2)cc1. The maximum atomic E-state index is 13.2. The summed E-state index contributed by atoms with van der Waals surface area (Å²) in [6.45, 7) is 0.757. The van der Waals surface area contributed by atoms with Crippen LogP contribution in [0.4, 0.5) is 13.2 Å². The van der Waals surface area contributed by atoms with Gasteiger partial charge in [-0.3, -0.25) is 4.79 Å². The Balaban J connectivity index is 2.13. The van der Waals surface area contributed by atoms with Crippen LogP contribution in [0.3, 0.4) is 0 Å². The Kier molecular flexibility index (Phi) is 4.39. The second-order valence-corrected chi connectivity index (χ2v) is 6.21. The fourth-order valence-corrected chi connectivity index (χ4v) is 2.85. The molecule has 0 bridgehead atoms. The first kappa shape index (κ1) is 17.2. The maximum Gasteiger partial charge on any atom is 0.417 e. The van der Waals surface area contributed by atoms with Crippen molar-refractivity contribution < 1.29 is 13.2 Å². The van der Waals surface area contributed by atoms with E-state index in [0.717, 1.165) is 18.2 Å². The van der Waals surface area contributed by atoms with E-state index in [-0.39, 0.29) is 10.8 Å². The Morgan fingerprint density at radius 2 is 1.68 bits per heavy atom. The first-order valence-corrected chi connectivity index (χ1v) is 7.73. The molecule has 25 heavy (non-hydrogen) atoms. The summed E-state index contributed by atoms with van der Waals surface area (Å²) in [6, 6.07) is 12.4. The summed E-state index contributed by atoms with van der Waals surface area (Å²) >= 11 is 0. The molecule has 1 aromatic heterocycles. The smallest absolute Gasteiger partial charge is 0.321 e. The average Bonchev–Trinajstić information content (AvgIpc) is 2.53. The summed E-state index contributed by atoms with van der Waals surface area (Å²) in [5, 5.41) is -0.0612. The van der Waals surface area contributed by atoms with Crippen molar-refractivity contribution >= 4 is 10.8 Å². The number of benzene rings is 2. The predicted molar refractivity (Wildman–Crippen MR) is 92.4 cm³/mol. The molecule has 0 aliphatic rings. The monoisotopic (exact) mass is 346 g/mol. The molecule has 0 fully saturated rings. The van der Waals surface area contributed by atoms with E-state index in [4.69, 9.17) is 0 Å². The quantitative estimate of drug-likeness (QED) is 0.769. The molecule has 0 unspecified atom stereocenters. The predicted octanol–water partition coefficient (Wildman–Crippen LogP) is 4.28. The molecule has 3 nitrogen and oxygen atoms in total. The molecule has 1 N–H and O–H groups in total. The van der Waals surface area contributed by atoms with Crippen LogP contribution in [-0.2, 0) is 12.7 Å². The van der Waals surface area contributed by atoms with Gasteiger partial charge in [0.2, 0.25) is 0 Å². The zero-order valence-corrected chi connectivity index (χ0v) is 13.8. The average molecular weight is 346 g/mol. The fraction of sp³-hybridized carbons (Fsp3) is 0.211. The molecule has 3 rings (SSSR count). The summed E-state index contributed by atoms with van der Waals surface area (Å²) in [6.07, 6.45) is -4.51. The lowest BCUT2D eigenvalue weighted by atomic mass is 10.0. The largest absolute Gasteiger partial charge is 0.417 e. The molecule has 130 valence electrons. The van der Waals surface area contributed by atoms with Gasteiger partial charge < -0.3 is 9.88 Å². The summed E-state index contributed by atoms with van der Waals surface area (Å²) in [7, 11) is 3.90. The number of rotatable bonds is 3. The van der Waals surface area contributed by atoms with E-state index < -0.39 is 17.3 Å². The van der Waals surface area contributed by atoms with E-state index in [2.05, 4.69) is 4.98 Å². The number of aromatic amines is 1. The molecule has 0 radical (unpaired) electrons. The van der Waals surface area contributed by atoms with Crippen LogP contribution in [0, 0.1) is 0 Å². The molecule has 0 atom stereocenters. The minimum atomic E-state index is -4.51. The highest BCUT2D eigenvalue weighted by molar-refractivity contribution is 5.88. The van der Waals surface area contributed by atoms with Gasteiger partial charge in [-0.15, -0.1) is 0 Å². The number of nitrogens with one attached hydrogen (secondary N) is 1. The van der Waals surface area contributed by atoms with Crippen LogP contribution in [0.5, 0.6) is 0 Å². The molecule has 0 saturated carbocycles. The van der Waals surface area contributed by atoms with Gasteiger partial charge in [0.1, 0.15) is 0 Å². The van der Waals surface area contributed by atoms with Crippen LogP contribution in [0.2, 0.25) is 0 Å². The first-order chi connectivity index (χ1) is 11.8. The molecule has 0 aliphatic heterocycles. The van der Waals surface area contributed by atoms with Gasteiger partial charge in [0.25, 0.3) is 5.56 Å². The Morgan fingerprint density at radius 3 is 2.28 bits per heavy atom. The second kappa shape index (κ2) is 6.37. The highest BCUT2D eigenvalue weighted by atomic mass is 19.4. The molecular formula is C19H17F3N2O. The van der Waals surface area contributed by atoms with E-state index in [1.807, 2.05) is 31.1 Å². The zero-order chi connectivity index (χ0) is 18.2. The lowest BCUT2D eigenvalue weighted by molar-refractivity contribution is -0.136. The molecule has 3 aromatic rings. The van der Waals surface area contributed by atoms with Gasteiger partial charge in [0.15, 0.2) is 0 Å². The van der Waals surface area contributed by atoms with Crippen molar-refractivity contribution in [3.63, 3.8) is 0 Å². The molecule has 0 saturated heterocycles. The Morgan fingerprint density at radius 1 is 1.00 bits per heavy atom. The molecule has 0 amide bonds. The third kappa shape index (κ3) is 3.58.